The largest absolute Gasteiger partial charge is 0.330 e. The van der Waals surface area contributed by atoms with Crippen LogP contribution in [0.2, 0.25) is 0 Å². The lowest BCUT2D eigenvalue weighted by Crippen LogP contribution is -2.20. The van der Waals surface area contributed by atoms with Crippen LogP contribution in [-0.2, 0) is 0 Å². The molecular weight excluding hydrogens is 198 g/mol. The topological polar surface area (TPSA) is 64.1 Å². The lowest BCUT2D eigenvalue weighted by molar-refractivity contribution is 0.289. The van der Waals surface area contributed by atoms with Gasteiger partial charge in [0.25, 0.3) is 0 Å². The summed E-state index contributed by atoms with van der Waals surface area (Å²) in [6.07, 6.45) is 7.39. The zero-order chi connectivity index (χ0) is 12.3. The Morgan fingerprint density at radius 2 is 1.38 bits per heavy atom. The van der Waals surface area contributed by atoms with Gasteiger partial charge in [-0.3, -0.25) is 0 Å². The lowest BCUT2D eigenvalue weighted by Gasteiger charge is -2.24. The number of nitrogens with two attached hydrogens (primary N) is 2. The molecule has 0 aliphatic heterocycles. The first-order valence-electron chi connectivity index (χ1n) is 6.73. The minimum atomic E-state index is 0.469. The average Bonchev–Trinajstić information content (AvgIpc) is 2.25. The summed E-state index contributed by atoms with van der Waals surface area (Å²) in [4.78, 5) is 0. The van der Waals surface area contributed by atoms with Crippen LogP contribution in [0.25, 0.3) is 0 Å². The Kier molecular flexibility index (Phi) is 9.99. The third-order valence-electron chi connectivity index (χ3n) is 3.07. The van der Waals surface area contributed by atoms with Crippen LogP contribution in [0.1, 0.15) is 52.4 Å². The summed E-state index contributed by atoms with van der Waals surface area (Å²) < 4.78 is 0. The van der Waals surface area contributed by atoms with Crippen LogP contribution in [0.4, 0.5) is 0 Å². The van der Waals surface area contributed by atoms with Crippen LogP contribution in [-0.4, -0.2) is 26.2 Å². The summed E-state index contributed by atoms with van der Waals surface area (Å²) in [5, 5.41) is 3.42. The second-order valence-electron chi connectivity index (χ2n) is 5.41. The number of hydrogen-bond acceptors (Lipinski definition) is 3. The van der Waals surface area contributed by atoms with E-state index in [9.17, 15) is 0 Å². The van der Waals surface area contributed by atoms with E-state index in [0.717, 1.165) is 39.0 Å². The van der Waals surface area contributed by atoms with Crippen molar-refractivity contribution in [3.05, 3.63) is 0 Å². The number of nitrogens with one attached hydrogen (secondary N) is 1. The first kappa shape index (κ1) is 15.9. The smallest absolute Gasteiger partial charge is 0.00369 e. The van der Waals surface area contributed by atoms with Crippen molar-refractivity contribution in [3.8, 4) is 0 Å². The fraction of sp³-hybridized carbons (Fsp3) is 1.00. The molecule has 0 aliphatic carbocycles. The highest BCUT2D eigenvalue weighted by Gasteiger charge is 2.15. The predicted octanol–water partition coefficient (Wildman–Crippen LogP) is 1.86. The summed E-state index contributed by atoms with van der Waals surface area (Å²) in [6.45, 7) is 8.51. The molecule has 0 unspecified atom stereocenters. The number of hydrogen-bond donors (Lipinski definition) is 3. The van der Waals surface area contributed by atoms with E-state index >= 15 is 0 Å². The minimum Gasteiger partial charge on any atom is -0.330 e. The third kappa shape index (κ3) is 10.4. The second-order valence-corrected chi connectivity index (χ2v) is 5.41. The van der Waals surface area contributed by atoms with Crippen molar-refractivity contribution in [2.75, 3.05) is 26.2 Å². The van der Waals surface area contributed by atoms with Gasteiger partial charge in [0.1, 0.15) is 0 Å². The van der Waals surface area contributed by atoms with E-state index in [1.54, 1.807) is 0 Å². The van der Waals surface area contributed by atoms with Crippen LogP contribution in [0, 0.1) is 5.41 Å². The molecule has 0 aliphatic rings. The van der Waals surface area contributed by atoms with Crippen LogP contribution in [0.5, 0.6) is 0 Å². The summed E-state index contributed by atoms with van der Waals surface area (Å²) in [6, 6.07) is 0. The van der Waals surface area contributed by atoms with Crippen LogP contribution in [0.15, 0.2) is 0 Å². The Bertz CT molecular complexity index is 146. The molecule has 3 nitrogen and oxygen atoms in total. The molecule has 0 saturated heterocycles. The summed E-state index contributed by atoms with van der Waals surface area (Å²) in [7, 11) is 0. The maximum atomic E-state index is 5.54. The highest BCUT2D eigenvalue weighted by molar-refractivity contribution is 4.69. The van der Waals surface area contributed by atoms with Gasteiger partial charge in [-0.2, -0.15) is 0 Å². The van der Waals surface area contributed by atoms with Gasteiger partial charge in [-0.1, -0.05) is 20.3 Å². The zero-order valence-corrected chi connectivity index (χ0v) is 11.2. The Morgan fingerprint density at radius 3 is 2.00 bits per heavy atom. The first-order chi connectivity index (χ1) is 7.62. The molecule has 0 aromatic carbocycles. The van der Waals surface area contributed by atoms with Gasteiger partial charge >= 0.3 is 0 Å². The van der Waals surface area contributed by atoms with E-state index in [0.29, 0.717) is 5.41 Å². The van der Waals surface area contributed by atoms with Crippen LogP contribution in [0.3, 0.4) is 0 Å². The van der Waals surface area contributed by atoms with Gasteiger partial charge in [0, 0.05) is 0 Å². The molecule has 5 N–H and O–H groups in total. The first-order valence-corrected chi connectivity index (χ1v) is 6.73. The normalized spacial score (nSPS) is 12.0. The Morgan fingerprint density at radius 1 is 0.812 bits per heavy atom. The predicted molar refractivity (Wildman–Crippen MR) is 72.5 cm³/mol. The third-order valence-corrected chi connectivity index (χ3v) is 3.07. The van der Waals surface area contributed by atoms with Crippen molar-refractivity contribution in [2.24, 2.45) is 16.9 Å². The van der Waals surface area contributed by atoms with Crippen LogP contribution < -0.4 is 16.8 Å². The summed E-state index contributed by atoms with van der Waals surface area (Å²) in [5.41, 5.74) is 11.4. The molecule has 0 fully saturated rings. The van der Waals surface area contributed by atoms with Gasteiger partial charge in [0.2, 0.25) is 0 Å². The van der Waals surface area contributed by atoms with Gasteiger partial charge in [0.05, 0.1) is 0 Å². The van der Waals surface area contributed by atoms with E-state index in [-0.39, 0.29) is 0 Å². The lowest BCUT2D eigenvalue weighted by atomic mass is 9.83. The summed E-state index contributed by atoms with van der Waals surface area (Å²) in [5.74, 6) is 0. The van der Waals surface area contributed by atoms with Gasteiger partial charge in [0.15, 0.2) is 0 Å². The van der Waals surface area contributed by atoms with Crippen molar-refractivity contribution in [1.82, 2.24) is 5.32 Å². The van der Waals surface area contributed by atoms with E-state index in [1.807, 2.05) is 0 Å². The van der Waals surface area contributed by atoms with E-state index < -0.39 is 0 Å². The fourth-order valence-electron chi connectivity index (χ4n) is 1.91. The van der Waals surface area contributed by atoms with E-state index in [1.165, 1.54) is 25.7 Å². The molecular formula is C13H31N3. The Labute approximate surface area is 101 Å². The molecule has 0 bridgehead atoms. The van der Waals surface area contributed by atoms with Gasteiger partial charge in [-0.25, -0.2) is 0 Å². The molecule has 0 amide bonds. The van der Waals surface area contributed by atoms with Crippen LogP contribution >= 0.6 is 0 Å². The Balaban J connectivity index is 3.29. The van der Waals surface area contributed by atoms with Crippen molar-refractivity contribution in [2.45, 2.75) is 52.4 Å². The molecule has 16 heavy (non-hydrogen) atoms. The second kappa shape index (κ2) is 10.1. The number of rotatable bonds is 11. The van der Waals surface area contributed by atoms with Crippen molar-refractivity contribution in [3.63, 3.8) is 0 Å². The molecule has 0 radical (unpaired) electrons. The van der Waals surface area contributed by atoms with E-state index in [2.05, 4.69) is 19.2 Å². The van der Waals surface area contributed by atoms with Crippen molar-refractivity contribution < 1.29 is 0 Å². The monoisotopic (exact) mass is 229 g/mol. The molecule has 0 aromatic rings. The van der Waals surface area contributed by atoms with Gasteiger partial charge in [-0.05, 0) is 63.7 Å². The molecule has 98 valence electrons. The maximum absolute atomic E-state index is 5.54. The molecule has 0 spiro atoms. The highest BCUT2D eigenvalue weighted by atomic mass is 14.8. The molecule has 0 heterocycles. The summed E-state index contributed by atoms with van der Waals surface area (Å²) >= 11 is 0. The van der Waals surface area contributed by atoms with E-state index in [4.69, 9.17) is 11.5 Å². The average molecular weight is 229 g/mol. The van der Waals surface area contributed by atoms with Crippen molar-refractivity contribution >= 4 is 0 Å². The molecule has 0 aromatic heterocycles. The quantitative estimate of drug-likeness (QED) is 0.474. The van der Waals surface area contributed by atoms with Gasteiger partial charge < -0.3 is 16.8 Å². The maximum Gasteiger partial charge on any atom is -0.00369 e. The molecule has 0 rings (SSSR count). The number of unbranched alkanes of at least 4 members (excludes halogenated alkanes) is 1. The standard InChI is InChI=1S/C13H31N3/c1-13(2,8-5-9-14)7-3-4-11-16-12-6-10-15/h16H,3-12,14-15H2,1-2H3. The van der Waals surface area contributed by atoms with Crippen molar-refractivity contribution in [1.29, 1.82) is 0 Å². The fourth-order valence-corrected chi connectivity index (χ4v) is 1.91. The Hall–Kier alpha value is -0.120. The highest BCUT2D eigenvalue weighted by Crippen LogP contribution is 2.28. The molecule has 3 heteroatoms. The zero-order valence-electron chi connectivity index (χ0n) is 11.2. The molecule has 0 saturated carbocycles. The minimum absolute atomic E-state index is 0.469. The molecule has 0 atom stereocenters. The van der Waals surface area contributed by atoms with Gasteiger partial charge in [-0.15, -0.1) is 0 Å². The SMILES string of the molecule is CC(C)(CCCN)CCCCNCCCN.